The summed E-state index contributed by atoms with van der Waals surface area (Å²) in [4.78, 5) is 24.7. The van der Waals surface area contributed by atoms with E-state index in [1.54, 1.807) is 41.5 Å². The summed E-state index contributed by atoms with van der Waals surface area (Å²) in [6.07, 6.45) is 0. The first-order valence-corrected chi connectivity index (χ1v) is 8.07. The van der Waals surface area contributed by atoms with Crippen molar-refractivity contribution in [3.05, 3.63) is 0 Å². The Labute approximate surface area is 127 Å². The highest BCUT2D eigenvalue weighted by Gasteiger charge is 2.64. The summed E-state index contributed by atoms with van der Waals surface area (Å²) < 4.78 is 60.8. The molecule has 0 aromatic heterocycles. The third kappa shape index (κ3) is 2.87. The van der Waals surface area contributed by atoms with Crippen LogP contribution in [0, 0.1) is 22.7 Å². The van der Waals surface area contributed by atoms with Crippen LogP contribution >= 0.6 is 0 Å². The summed E-state index contributed by atoms with van der Waals surface area (Å²) in [6, 6.07) is 0. The van der Waals surface area contributed by atoms with Crippen molar-refractivity contribution in [2.24, 2.45) is 22.7 Å². The Balaban J connectivity index is 3.56. The molecule has 0 aliphatic carbocycles. The summed E-state index contributed by atoms with van der Waals surface area (Å²) in [6.45, 7) is 9.53. The molecule has 22 heavy (non-hydrogen) atoms. The van der Waals surface area contributed by atoms with E-state index in [1.807, 2.05) is 0 Å². The van der Waals surface area contributed by atoms with Crippen LogP contribution in [-0.2, 0) is 19.6 Å². The lowest BCUT2D eigenvalue weighted by Crippen LogP contribution is -2.45. The van der Waals surface area contributed by atoms with Gasteiger partial charge in [-0.15, -0.1) is 0 Å². The molecule has 1 saturated heterocycles. The number of amides is 2. The first-order chi connectivity index (χ1) is 9.44. The molecule has 1 rings (SSSR count). The molecule has 2 atom stereocenters. The molecule has 0 radical (unpaired) electrons. The van der Waals surface area contributed by atoms with Gasteiger partial charge in [0.1, 0.15) is 0 Å². The number of carbonyl (C=O) groups is 2. The Hall–Kier alpha value is -1.12. The minimum Gasteiger partial charge on any atom is -0.273 e. The standard InChI is InChI=1S/C13H20F3NO4S/c1-11(2,3)7-8(12(4,5)6)10(19)17(9(7)18)22(20,21)13(14,15)16/h7-8H,1-6H3. The van der Waals surface area contributed by atoms with Crippen LogP contribution in [0.15, 0.2) is 0 Å². The second-order valence-electron chi connectivity index (χ2n) is 7.58. The van der Waals surface area contributed by atoms with E-state index in [-0.39, 0.29) is 0 Å². The molecule has 0 aromatic carbocycles. The van der Waals surface area contributed by atoms with E-state index in [1.165, 1.54) is 0 Å². The van der Waals surface area contributed by atoms with Gasteiger partial charge in [-0.3, -0.25) is 9.59 Å². The smallest absolute Gasteiger partial charge is 0.273 e. The first kappa shape index (κ1) is 18.9. The summed E-state index contributed by atoms with van der Waals surface area (Å²) in [5.41, 5.74) is -7.42. The van der Waals surface area contributed by atoms with Crippen molar-refractivity contribution in [2.75, 3.05) is 0 Å². The summed E-state index contributed by atoms with van der Waals surface area (Å²) in [5.74, 6) is -4.90. The molecule has 1 fully saturated rings. The lowest BCUT2D eigenvalue weighted by atomic mass is 9.65. The van der Waals surface area contributed by atoms with E-state index in [2.05, 4.69) is 0 Å². The van der Waals surface area contributed by atoms with E-state index in [4.69, 9.17) is 0 Å². The maximum Gasteiger partial charge on any atom is 0.517 e. The average Bonchev–Trinajstić information content (AvgIpc) is 2.47. The molecule has 0 spiro atoms. The van der Waals surface area contributed by atoms with Crippen molar-refractivity contribution in [2.45, 2.75) is 47.1 Å². The van der Waals surface area contributed by atoms with Crippen LogP contribution in [0.4, 0.5) is 13.2 Å². The highest BCUT2D eigenvalue weighted by atomic mass is 32.2. The van der Waals surface area contributed by atoms with Crippen LogP contribution in [0.5, 0.6) is 0 Å². The van der Waals surface area contributed by atoms with Crippen molar-refractivity contribution in [1.82, 2.24) is 4.31 Å². The lowest BCUT2D eigenvalue weighted by molar-refractivity contribution is -0.136. The fourth-order valence-electron chi connectivity index (χ4n) is 2.73. The van der Waals surface area contributed by atoms with Crippen LogP contribution in [0.1, 0.15) is 41.5 Å². The zero-order valence-corrected chi connectivity index (χ0v) is 14.1. The third-order valence-electron chi connectivity index (χ3n) is 3.66. The van der Waals surface area contributed by atoms with Crippen molar-refractivity contribution in [3.8, 4) is 0 Å². The Morgan fingerprint density at radius 2 is 1.09 bits per heavy atom. The number of carbonyl (C=O) groups excluding carboxylic acids is 2. The maximum absolute atomic E-state index is 12.7. The van der Waals surface area contributed by atoms with Crippen molar-refractivity contribution in [1.29, 1.82) is 0 Å². The van der Waals surface area contributed by atoms with E-state index in [0.29, 0.717) is 0 Å². The lowest BCUT2D eigenvalue weighted by Gasteiger charge is -2.35. The SMILES string of the molecule is CC(C)(C)C1C(=O)N(S(=O)(=O)C(F)(F)F)C(=O)C1C(C)(C)C. The van der Waals surface area contributed by atoms with Gasteiger partial charge in [-0.1, -0.05) is 41.5 Å². The van der Waals surface area contributed by atoms with Crippen LogP contribution in [0.25, 0.3) is 0 Å². The second kappa shape index (κ2) is 4.94. The van der Waals surface area contributed by atoms with Gasteiger partial charge in [0.15, 0.2) is 0 Å². The molecule has 1 aliphatic rings. The predicted octanol–water partition coefficient (Wildman–Crippen LogP) is 2.53. The molecule has 5 nitrogen and oxygen atoms in total. The summed E-state index contributed by atoms with van der Waals surface area (Å²) >= 11 is 0. The molecule has 2 amide bonds. The largest absolute Gasteiger partial charge is 0.517 e. The fourth-order valence-corrected chi connectivity index (χ4v) is 3.64. The monoisotopic (exact) mass is 343 g/mol. The van der Waals surface area contributed by atoms with Gasteiger partial charge in [0.2, 0.25) is 11.8 Å². The molecule has 0 aromatic rings. The van der Waals surface area contributed by atoms with Crippen molar-refractivity contribution < 1.29 is 31.2 Å². The molecular formula is C13H20F3NO4S. The summed E-state index contributed by atoms with van der Waals surface area (Å²) in [7, 11) is -6.03. The highest BCUT2D eigenvalue weighted by Crippen LogP contribution is 2.49. The minimum atomic E-state index is -6.03. The minimum absolute atomic E-state index is 0.584. The Bertz CT molecular complexity index is 564. The first-order valence-electron chi connectivity index (χ1n) is 6.63. The maximum atomic E-state index is 12.7. The molecule has 0 bridgehead atoms. The van der Waals surface area contributed by atoms with E-state index in [9.17, 15) is 31.2 Å². The molecular weight excluding hydrogens is 323 g/mol. The van der Waals surface area contributed by atoms with Crippen LogP contribution in [0.3, 0.4) is 0 Å². The number of hydrogen-bond donors (Lipinski definition) is 0. The van der Waals surface area contributed by atoms with Gasteiger partial charge < -0.3 is 0 Å². The van der Waals surface area contributed by atoms with Gasteiger partial charge in [-0.2, -0.15) is 25.9 Å². The average molecular weight is 343 g/mol. The highest BCUT2D eigenvalue weighted by molar-refractivity contribution is 7.91. The van der Waals surface area contributed by atoms with E-state index in [0.717, 1.165) is 0 Å². The molecule has 0 saturated carbocycles. The number of rotatable bonds is 1. The number of hydrogen-bond acceptors (Lipinski definition) is 4. The van der Waals surface area contributed by atoms with E-state index >= 15 is 0 Å². The van der Waals surface area contributed by atoms with Crippen LogP contribution < -0.4 is 0 Å². The van der Waals surface area contributed by atoms with Crippen molar-refractivity contribution in [3.63, 3.8) is 0 Å². The Morgan fingerprint density at radius 3 is 1.27 bits per heavy atom. The second-order valence-corrected chi connectivity index (χ2v) is 9.36. The molecule has 0 N–H and O–H groups in total. The van der Waals surface area contributed by atoms with Crippen LogP contribution in [0.2, 0.25) is 0 Å². The van der Waals surface area contributed by atoms with Gasteiger partial charge in [-0.05, 0) is 10.8 Å². The van der Waals surface area contributed by atoms with E-state index < -0.39 is 54.3 Å². The normalized spacial score (nSPS) is 25.0. The summed E-state index contributed by atoms with van der Waals surface area (Å²) in [5, 5.41) is 0. The number of sulfonamides is 1. The number of alkyl halides is 3. The third-order valence-corrected chi connectivity index (χ3v) is 5.09. The topological polar surface area (TPSA) is 71.5 Å². The molecule has 2 unspecified atom stereocenters. The Kier molecular flexibility index (Phi) is 4.25. The fraction of sp³-hybridized carbons (Fsp3) is 0.846. The number of nitrogens with zero attached hydrogens (tertiary/aromatic N) is 1. The van der Waals surface area contributed by atoms with Crippen molar-refractivity contribution >= 4 is 21.8 Å². The Morgan fingerprint density at radius 1 is 0.818 bits per heavy atom. The van der Waals surface area contributed by atoms with Gasteiger partial charge in [0.05, 0.1) is 11.8 Å². The predicted molar refractivity (Wildman–Crippen MR) is 72.7 cm³/mol. The zero-order chi connectivity index (χ0) is 17.9. The van der Waals surface area contributed by atoms with Gasteiger partial charge >= 0.3 is 15.5 Å². The quantitative estimate of drug-likeness (QED) is 0.686. The number of halogens is 3. The molecule has 1 heterocycles. The van der Waals surface area contributed by atoms with Gasteiger partial charge in [-0.25, -0.2) is 0 Å². The number of imide groups is 1. The van der Waals surface area contributed by atoms with Gasteiger partial charge in [0.25, 0.3) is 0 Å². The molecule has 128 valence electrons. The van der Waals surface area contributed by atoms with Gasteiger partial charge in [0, 0.05) is 0 Å². The van der Waals surface area contributed by atoms with Crippen LogP contribution in [-0.4, -0.2) is 30.0 Å². The molecule has 1 aliphatic heterocycles. The zero-order valence-electron chi connectivity index (χ0n) is 13.3. The molecule has 9 heteroatoms.